The highest BCUT2D eigenvalue weighted by atomic mass is 16.6. The average molecular weight is 372 g/mol. The number of rotatable bonds is 3. The SMILES string of the molecule is CC(=O)N1CCC(n2c(CNC(=O)OC(C)(C)C)nc3ccccc32)CC1. The molecule has 1 N–H and O–H groups in total. The first kappa shape index (κ1) is 19.2. The van der Waals surface area contributed by atoms with E-state index in [9.17, 15) is 9.59 Å². The summed E-state index contributed by atoms with van der Waals surface area (Å²) >= 11 is 0. The molecule has 1 aliphatic rings. The molecule has 0 aliphatic carbocycles. The van der Waals surface area contributed by atoms with E-state index in [1.165, 1.54) is 0 Å². The second kappa shape index (κ2) is 7.58. The molecule has 1 aliphatic heterocycles. The molecule has 7 heteroatoms. The minimum Gasteiger partial charge on any atom is -0.444 e. The van der Waals surface area contributed by atoms with Crippen LogP contribution in [-0.4, -0.2) is 45.1 Å². The summed E-state index contributed by atoms with van der Waals surface area (Å²) in [4.78, 5) is 30.3. The van der Waals surface area contributed by atoms with Crippen molar-refractivity contribution in [2.24, 2.45) is 0 Å². The first-order valence-corrected chi connectivity index (χ1v) is 9.43. The number of alkyl carbamates (subject to hydrolysis) is 1. The van der Waals surface area contributed by atoms with Gasteiger partial charge in [-0.1, -0.05) is 12.1 Å². The predicted octanol–water partition coefficient (Wildman–Crippen LogP) is 3.24. The van der Waals surface area contributed by atoms with Crippen LogP contribution >= 0.6 is 0 Å². The van der Waals surface area contributed by atoms with Gasteiger partial charge in [0.05, 0.1) is 17.6 Å². The highest BCUT2D eigenvalue weighted by Crippen LogP contribution is 2.29. The van der Waals surface area contributed by atoms with Gasteiger partial charge in [0.25, 0.3) is 0 Å². The Kier molecular flexibility index (Phi) is 5.39. The number of aromatic nitrogens is 2. The van der Waals surface area contributed by atoms with Crippen molar-refractivity contribution in [3.8, 4) is 0 Å². The van der Waals surface area contributed by atoms with Gasteiger partial charge in [0.1, 0.15) is 11.4 Å². The van der Waals surface area contributed by atoms with Crippen molar-refractivity contribution in [2.75, 3.05) is 13.1 Å². The van der Waals surface area contributed by atoms with E-state index in [-0.39, 0.29) is 11.9 Å². The van der Waals surface area contributed by atoms with Crippen LogP contribution in [0.4, 0.5) is 4.79 Å². The number of para-hydroxylation sites is 2. The Labute approximate surface area is 159 Å². The van der Waals surface area contributed by atoms with Crippen LogP contribution in [0.3, 0.4) is 0 Å². The molecule has 0 radical (unpaired) electrons. The number of amides is 2. The Hall–Kier alpha value is -2.57. The summed E-state index contributed by atoms with van der Waals surface area (Å²) in [5, 5.41) is 2.81. The zero-order chi connectivity index (χ0) is 19.6. The fraction of sp³-hybridized carbons (Fsp3) is 0.550. The minimum absolute atomic E-state index is 0.121. The molecule has 2 aromatic rings. The molecule has 7 nitrogen and oxygen atoms in total. The lowest BCUT2D eigenvalue weighted by Gasteiger charge is -2.33. The number of carbonyl (C=O) groups is 2. The van der Waals surface area contributed by atoms with Crippen LogP contribution in [0.25, 0.3) is 11.0 Å². The second-order valence-corrected chi connectivity index (χ2v) is 7.98. The maximum Gasteiger partial charge on any atom is 0.408 e. The number of ether oxygens (including phenoxy) is 1. The second-order valence-electron chi connectivity index (χ2n) is 7.98. The van der Waals surface area contributed by atoms with Gasteiger partial charge < -0.3 is 19.5 Å². The summed E-state index contributed by atoms with van der Waals surface area (Å²) in [6, 6.07) is 8.24. The monoisotopic (exact) mass is 372 g/mol. The highest BCUT2D eigenvalue weighted by Gasteiger charge is 2.26. The average Bonchev–Trinajstić information content (AvgIpc) is 2.97. The third-order valence-corrected chi connectivity index (χ3v) is 4.73. The molecule has 0 bridgehead atoms. The smallest absolute Gasteiger partial charge is 0.408 e. The van der Waals surface area contributed by atoms with Crippen LogP contribution in [0, 0.1) is 0 Å². The fourth-order valence-electron chi connectivity index (χ4n) is 3.53. The van der Waals surface area contributed by atoms with Crippen LogP contribution < -0.4 is 5.32 Å². The minimum atomic E-state index is -0.538. The fourth-order valence-corrected chi connectivity index (χ4v) is 3.53. The van der Waals surface area contributed by atoms with Gasteiger partial charge in [0.2, 0.25) is 5.91 Å². The van der Waals surface area contributed by atoms with Gasteiger partial charge in [-0.05, 0) is 45.7 Å². The maximum atomic E-state index is 12.0. The van der Waals surface area contributed by atoms with Gasteiger partial charge in [-0.25, -0.2) is 9.78 Å². The summed E-state index contributed by atoms with van der Waals surface area (Å²) in [5.41, 5.74) is 1.43. The number of hydrogen-bond acceptors (Lipinski definition) is 4. The molecular weight excluding hydrogens is 344 g/mol. The van der Waals surface area contributed by atoms with Crippen molar-refractivity contribution < 1.29 is 14.3 Å². The first-order valence-electron chi connectivity index (χ1n) is 9.43. The van der Waals surface area contributed by atoms with Gasteiger partial charge in [-0.15, -0.1) is 0 Å². The summed E-state index contributed by atoms with van der Waals surface area (Å²) < 4.78 is 7.54. The van der Waals surface area contributed by atoms with Gasteiger partial charge in [0, 0.05) is 26.1 Å². The number of imidazole rings is 1. The van der Waals surface area contributed by atoms with Gasteiger partial charge in [-0.2, -0.15) is 0 Å². The van der Waals surface area contributed by atoms with Gasteiger partial charge in [0.15, 0.2) is 0 Å². The van der Waals surface area contributed by atoms with E-state index < -0.39 is 11.7 Å². The van der Waals surface area contributed by atoms with Crippen molar-refractivity contribution in [1.82, 2.24) is 19.8 Å². The van der Waals surface area contributed by atoms with Crippen LogP contribution in [-0.2, 0) is 16.1 Å². The topological polar surface area (TPSA) is 76.5 Å². The molecule has 2 amide bonds. The third kappa shape index (κ3) is 4.59. The predicted molar refractivity (Wildman–Crippen MR) is 103 cm³/mol. The number of likely N-dealkylation sites (tertiary alicyclic amines) is 1. The molecule has 1 aromatic heterocycles. The summed E-state index contributed by atoms with van der Waals surface area (Å²) in [6.07, 6.45) is 1.30. The van der Waals surface area contributed by atoms with E-state index in [0.717, 1.165) is 42.8 Å². The number of hydrogen-bond donors (Lipinski definition) is 1. The molecule has 0 saturated carbocycles. The molecule has 3 rings (SSSR count). The number of nitrogens with zero attached hydrogens (tertiary/aromatic N) is 3. The Morgan fingerprint density at radius 2 is 1.89 bits per heavy atom. The first-order chi connectivity index (χ1) is 12.7. The highest BCUT2D eigenvalue weighted by molar-refractivity contribution is 5.76. The normalized spacial score (nSPS) is 15.8. The Bertz CT molecular complexity index is 829. The summed E-state index contributed by atoms with van der Waals surface area (Å²) in [6.45, 7) is 8.91. The van der Waals surface area contributed by atoms with Crippen molar-refractivity contribution in [1.29, 1.82) is 0 Å². The van der Waals surface area contributed by atoms with Crippen LogP contribution in [0.2, 0.25) is 0 Å². The third-order valence-electron chi connectivity index (χ3n) is 4.73. The number of carbonyl (C=O) groups excluding carboxylic acids is 2. The van der Waals surface area contributed by atoms with Crippen molar-refractivity contribution in [2.45, 2.75) is 58.7 Å². The zero-order valence-electron chi connectivity index (χ0n) is 16.5. The standard InChI is InChI=1S/C20H28N4O3/c1-14(25)23-11-9-15(10-12-23)24-17-8-6-5-7-16(17)22-18(24)13-21-19(26)27-20(2,3)4/h5-8,15H,9-13H2,1-4H3,(H,21,26). The van der Waals surface area contributed by atoms with Crippen LogP contribution in [0.5, 0.6) is 0 Å². The molecule has 1 saturated heterocycles. The largest absolute Gasteiger partial charge is 0.444 e. The van der Waals surface area contributed by atoms with E-state index in [2.05, 4.69) is 16.0 Å². The Morgan fingerprint density at radius 1 is 1.22 bits per heavy atom. The quantitative estimate of drug-likeness (QED) is 0.897. The lowest BCUT2D eigenvalue weighted by atomic mass is 10.0. The molecule has 146 valence electrons. The number of fused-ring (bicyclic) bond motifs is 1. The molecule has 27 heavy (non-hydrogen) atoms. The lowest BCUT2D eigenvalue weighted by molar-refractivity contribution is -0.130. The van der Waals surface area contributed by atoms with Gasteiger partial charge >= 0.3 is 6.09 Å². The molecule has 2 heterocycles. The molecule has 0 atom stereocenters. The molecule has 0 spiro atoms. The van der Waals surface area contributed by atoms with E-state index in [0.29, 0.717) is 6.54 Å². The molecule has 1 aromatic carbocycles. The number of nitrogens with one attached hydrogen (secondary N) is 1. The summed E-state index contributed by atoms with van der Waals surface area (Å²) in [7, 11) is 0. The summed E-state index contributed by atoms with van der Waals surface area (Å²) in [5.74, 6) is 0.930. The van der Waals surface area contributed by atoms with Crippen LogP contribution in [0.1, 0.15) is 52.4 Å². The Balaban J connectivity index is 1.80. The lowest BCUT2D eigenvalue weighted by Crippen LogP contribution is -2.38. The zero-order valence-corrected chi connectivity index (χ0v) is 16.5. The van der Waals surface area contributed by atoms with Crippen molar-refractivity contribution >= 4 is 23.0 Å². The Morgan fingerprint density at radius 3 is 2.52 bits per heavy atom. The van der Waals surface area contributed by atoms with E-state index in [4.69, 9.17) is 9.72 Å². The van der Waals surface area contributed by atoms with Crippen molar-refractivity contribution in [3.05, 3.63) is 30.1 Å². The number of piperidine rings is 1. The van der Waals surface area contributed by atoms with E-state index in [1.807, 2.05) is 43.9 Å². The molecule has 1 fully saturated rings. The van der Waals surface area contributed by atoms with E-state index in [1.54, 1.807) is 6.92 Å². The van der Waals surface area contributed by atoms with Crippen molar-refractivity contribution in [3.63, 3.8) is 0 Å². The maximum absolute atomic E-state index is 12.0. The molecule has 0 unspecified atom stereocenters. The van der Waals surface area contributed by atoms with Crippen LogP contribution in [0.15, 0.2) is 24.3 Å². The number of benzene rings is 1. The van der Waals surface area contributed by atoms with Gasteiger partial charge in [-0.3, -0.25) is 4.79 Å². The molecular formula is C20H28N4O3. The van der Waals surface area contributed by atoms with E-state index >= 15 is 0 Å².